The van der Waals surface area contributed by atoms with Crippen molar-refractivity contribution in [3.63, 3.8) is 0 Å². The summed E-state index contributed by atoms with van der Waals surface area (Å²) in [6.45, 7) is 0. The fourth-order valence-corrected chi connectivity index (χ4v) is 2.26. The summed E-state index contributed by atoms with van der Waals surface area (Å²) >= 11 is 0. The van der Waals surface area contributed by atoms with Crippen LogP contribution in [0, 0.1) is 5.82 Å². The molecule has 0 fully saturated rings. The highest BCUT2D eigenvalue weighted by Crippen LogP contribution is 2.38. The summed E-state index contributed by atoms with van der Waals surface area (Å²) in [5.74, 6) is -1.53. The molecular weight excluding hydrogens is 344 g/mol. The molecule has 3 rings (SSSR count). The minimum atomic E-state index is -4.93. The standard InChI is InChI=1S/C14H6BF7O2/c16-10-2-1-3-11-12(10)24-15(23-11)9-6-7(13(17,18)19)4-5-8(9)14(20,21)22/h1-6H. The van der Waals surface area contributed by atoms with E-state index >= 15 is 0 Å². The first-order chi connectivity index (χ1) is 11.1. The molecule has 0 N–H and O–H groups in total. The maximum atomic E-state index is 13.6. The van der Waals surface area contributed by atoms with Crippen LogP contribution in [0.15, 0.2) is 36.4 Å². The van der Waals surface area contributed by atoms with Crippen molar-refractivity contribution in [1.29, 1.82) is 0 Å². The Hall–Kier alpha value is -2.39. The molecule has 0 aromatic heterocycles. The predicted octanol–water partition coefficient (Wildman–Crippen LogP) is 4.03. The molecule has 2 aromatic rings. The molecule has 10 heteroatoms. The number of para-hydroxylation sites is 1. The summed E-state index contributed by atoms with van der Waals surface area (Å²) in [5.41, 5.74) is -3.53. The van der Waals surface area contributed by atoms with Gasteiger partial charge >= 0.3 is 19.5 Å². The van der Waals surface area contributed by atoms with Crippen molar-refractivity contribution in [2.75, 3.05) is 0 Å². The van der Waals surface area contributed by atoms with Gasteiger partial charge in [0.2, 0.25) is 0 Å². The van der Waals surface area contributed by atoms with E-state index in [0.717, 1.165) is 6.07 Å². The molecule has 0 unspecified atom stereocenters. The van der Waals surface area contributed by atoms with Crippen LogP contribution in [0.3, 0.4) is 0 Å². The first kappa shape index (κ1) is 16.5. The zero-order valence-electron chi connectivity index (χ0n) is 11.5. The second-order valence-electron chi connectivity index (χ2n) is 4.93. The average Bonchev–Trinajstić information content (AvgIpc) is 2.90. The number of benzene rings is 2. The third-order valence-electron chi connectivity index (χ3n) is 3.33. The van der Waals surface area contributed by atoms with Gasteiger partial charge in [0, 0.05) is 5.46 Å². The molecule has 0 saturated heterocycles. The molecule has 1 aliphatic heterocycles. The number of fused-ring (bicyclic) bond motifs is 1. The second kappa shape index (κ2) is 5.32. The minimum Gasteiger partial charge on any atom is -0.519 e. The third-order valence-corrected chi connectivity index (χ3v) is 3.33. The van der Waals surface area contributed by atoms with Crippen molar-refractivity contribution >= 4 is 12.6 Å². The molecule has 2 nitrogen and oxygen atoms in total. The van der Waals surface area contributed by atoms with E-state index in [4.69, 9.17) is 9.31 Å². The number of rotatable bonds is 1. The summed E-state index contributed by atoms with van der Waals surface area (Å²) < 4.78 is 101. The van der Waals surface area contributed by atoms with Crippen molar-refractivity contribution in [2.45, 2.75) is 12.4 Å². The van der Waals surface area contributed by atoms with Gasteiger partial charge in [0.15, 0.2) is 11.6 Å². The quantitative estimate of drug-likeness (QED) is 0.571. The Balaban J connectivity index is 2.08. The second-order valence-corrected chi connectivity index (χ2v) is 4.93. The van der Waals surface area contributed by atoms with Gasteiger partial charge in [-0.05, 0) is 30.3 Å². The van der Waals surface area contributed by atoms with Crippen molar-refractivity contribution < 1.29 is 40.0 Å². The van der Waals surface area contributed by atoms with Crippen LogP contribution >= 0.6 is 0 Å². The van der Waals surface area contributed by atoms with Crippen LogP contribution in [0.4, 0.5) is 30.7 Å². The number of hydrogen-bond acceptors (Lipinski definition) is 2. The Labute approximate surface area is 130 Å². The Kier molecular flexibility index (Phi) is 3.65. The van der Waals surface area contributed by atoms with E-state index in [0.29, 0.717) is 12.1 Å². The van der Waals surface area contributed by atoms with Gasteiger partial charge in [-0.25, -0.2) is 4.39 Å². The first-order valence-corrected chi connectivity index (χ1v) is 6.47. The van der Waals surface area contributed by atoms with E-state index in [9.17, 15) is 30.7 Å². The fraction of sp³-hybridized carbons (Fsp3) is 0.143. The lowest BCUT2D eigenvalue weighted by Crippen LogP contribution is -2.43. The van der Waals surface area contributed by atoms with Crippen LogP contribution in [-0.4, -0.2) is 7.12 Å². The summed E-state index contributed by atoms with van der Waals surface area (Å²) in [6.07, 6.45) is -9.78. The fourth-order valence-electron chi connectivity index (χ4n) is 2.26. The lowest BCUT2D eigenvalue weighted by molar-refractivity contribution is -0.140. The molecule has 0 aliphatic carbocycles. The number of hydrogen-bond donors (Lipinski definition) is 0. The summed E-state index contributed by atoms with van der Waals surface area (Å²) in [6, 6.07) is 4.36. The lowest BCUT2D eigenvalue weighted by atomic mass is 9.75. The Morgan fingerprint density at radius 2 is 1.54 bits per heavy atom. The summed E-state index contributed by atoms with van der Waals surface area (Å²) in [7, 11) is -1.84. The number of alkyl halides is 6. The molecule has 1 aliphatic rings. The van der Waals surface area contributed by atoms with Gasteiger partial charge in [-0.3, -0.25) is 0 Å². The molecule has 0 atom stereocenters. The van der Waals surface area contributed by atoms with Gasteiger partial charge < -0.3 is 9.31 Å². The van der Waals surface area contributed by atoms with Gasteiger partial charge in [-0.1, -0.05) is 6.07 Å². The van der Waals surface area contributed by atoms with Crippen LogP contribution in [0.25, 0.3) is 0 Å². The summed E-state index contributed by atoms with van der Waals surface area (Å²) in [4.78, 5) is 0. The van der Waals surface area contributed by atoms with Gasteiger partial charge in [-0.15, -0.1) is 0 Å². The molecule has 0 bridgehead atoms. The molecule has 0 amide bonds. The van der Waals surface area contributed by atoms with Gasteiger partial charge in [0.25, 0.3) is 0 Å². The van der Waals surface area contributed by atoms with Crippen LogP contribution < -0.4 is 14.8 Å². The van der Waals surface area contributed by atoms with E-state index in [1.807, 2.05) is 0 Å². The average molecular weight is 350 g/mol. The van der Waals surface area contributed by atoms with Crippen LogP contribution in [0.2, 0.25) is 0 Å². The zero-order valence-corrected chi connectivity index (χ0v) is 11.5. The molecule has 2 aromatic carbocycles. The predicted molar refractivity (Wildman–Crippen MR) is 69.5 cm³/mol. The van der Waals surface area contributed by atoms with Gasteiger partial charge in [-0.2, -0.15) is 26.3 Å². The highest BCUT2D eigenvalue weighted by Gasteiger charge is 2.45. The third kappa shape index (κ3) is 2.88. The SMILES string of the molecule is Fc1cccc2c1OB(c1cc(C(F)(F)F)ccc1C(F)(F)F)O2. The Morgan fingerprint density at radius 3 is 2.12 bits per heavy atom. The van der Waals surface area contributed by atoms with Gasteiger partial charge in [0.1, 0.15) is 5.75 Å². The van der Waals surface area contributed by atoms with Crippen LogP contribution in [-0.2, 0) is 12.4 Å². The minimum absolute atomic E-state index is 0.189. The smallest absolute Gasteiger partial charge is 0.519 e. The largest absolute Gasteiger partial charge is 0.633 e. The van der Waals surface area contributed by atoms with Crippen molar-refractivity contribution in [3.8, 4) is 11.5 Å². The van der Waals surface area contributed by atoms with Crippen molar-refractivity contribution in [3.05, 3.63) is 53.3 Å². The molecule has 24 heavy (non-hydrogen) atoms. The van der Waals surface area contributed by atoms with E-state index in [1.165, 1.54) is 12.1 Å². The first-order valence-electron chi connectivity index (χ1n) is 6.47. The van der Waals surface area contributed by atoms with Crippen molar-refractivity contribution in [2.24, 2.45) is 0 Å². The molecule has 126 valence electrons. The Morgan fingerprint density at radius 1 is 0.833 bits per heavy atom. The zero-order chi connectivity index (χ0) is 17.7. The van der Waals surface area contributed by atoms with Crippen molar-refractivity contribution in [1.82, 2.24) is 0 Å². The Bertz CT molecular complexity index is 786. The van der Waals surface area contributed by atoms with Crippen LogP contribution in [0.1, 0.15) is 11.1 Å². The van der Waals surface area contributed by atoms with Gasteiger partial charge in [0.05, 0.1) is 11.1 Å². The van der Waals surface area contributed by atoms with E-state index in [-0.39, 0.29) is 11.8 Å². The highest BCUT2D eigenvalue weighted by atomic mass is 19.4. The molecule has 0 spiro atoms. The van der Waals surface area contributed by atoms with E-state index in [1.54, 1.807) is 0 Å². The molecular formula is C14H6BF7O2. The monoisotopic (exact) mass is 350 g/mol. The lowest BCUT2D eigenvalue weighted by Gasteiger charge is -2.16. The van der Waals surface area contributed by atoms with E-state index in [2.05, 4.69) is 0 Å². The molecule has 0 saturated carbocycles. The molecule has 0 radical (unpaired) electrons. The normalized spacial score (nSPS) is 14.2. The maximum Gasteiger partial charge on any atom is 0.633 e. The van der Waals surface area contributed by atoms with E-state index < -0.39 is 47.6 Å². The molecule has 1 heterocycles. The number of halogens is 7. The topological polar surface area (TPSA) is 18.5 Å². The summed E-state index contributed by atoms with van der Waals surface area (Å²) in [5, 5.41) is 0. The maximum absolute atomic E-state index is 13.6. The van der Waals surface area contributed by atoms with Crippen LogP contribution in [0.5, 0.6) is 11.5 Å². The highest BCUT2D eigenvalue weighted by molar-refractivity contribution is 6.64.